The highest BCUT2D eigenvalue weighted by Crippen LogP contribution is 2.38. The second-order valence-electron chi connectivity index (χ2n) is 8.12. The summed E-state index contributed by atoms with van der Waals surface area (Å²) in [5, 5.41) is 2.88. The van der Waals surface area contributed by atoms with Crippen LogP contribution >= 0.6 is 27.5 Å². The number of aryl methyl sites for hydroxylation is 1. The zero-order valence-electron chi connectivity index (χ0n) is 20.2. The number of anilines is 1. The van der Waals surface area contributed by atoms with Crippen LogP contribution in [0.1, 0.15) is 30.5 Å². The minimum Gasteiger partial charge on any atom is -0.490 e. The number of amides is 4. The summed E-state index contributed by atoms with van der Waals surface area (Å²) in [5.41, 5.74) is 2.47. The number of barbiturate groups is 1. The van der Waals surface area contributed by atoms with E-state index in [2.05, 4.69) is 21.2 Å². The average molecular weight is 584 g/mol. The Labute approximate surface area is 228 Å². The molecule has 0 spiro atoms. The van der Waals surface area contributed by atoms with Crippen molar-refractivity contribution in [3.05, 3.63) is 92.4 Å². The van der Waals surface area contributed by atoms with Gasteiger partial charge in [-0.2, -0.15) is 0 Å². The molecule has 0 aromatic heterocycles. The van der Waals surface area contributed by atoms with Crippen LogP contribution in [0.15, 0.2) is 70.7 Å². The first kappa shape index (κ1) is 26.4. The predicted molar refractivity (Wildman–Crippen MR) is 146 cm³/mol. The fourth-order valence-corrected chi connectivity index (χ4v) is 4.71. The molecule has 1 aliphatic rings. The fourth-order valence-electron chi connectivity index (χ4n) is 3.93. The van der Waals surface area contributed by atoms with Gasteiger partial charge in [-0.3, -0.25) is 14.9 Å². The van der Waals surface area contributed by atoms with E-state index in [4.69, 9.17) is 21.1 Å². The zero-order chi connectivity index (χ0) is 26.5. The summed E-state index contributed by atoms with van der Waals surface area (Å²) in [7, 11) is 0. The van der Waals surface area contributed by atoms with E-state index in [9.17, 15) is 14.4 Å². The Morgan fingerprint density at radius 1 is 1.00 bits per heavy atom. The summed E-state index contributed by atoms with van der Waals surface area (Å²) < 4.78 is 12.4. The zero-order valence-corrected chi connectivity index (χ0v) is 22.6. The molecule has 0 atom stereocenters. The lowest BCUT2D eigenvalue weighted by atomic mass is 10.0. The number of urea groups is 1. The number of para-hydroxylation sites is 1. The summed E-state index contributed by atoms with van der Waals surface area (Å²) >= 11 is 9.59. The number of carbonyl (C=O) groups is 3. The minimum atomic E-state index is -0.783. The summed E-state index contributed by atoms with van der Waals surface area (Å²) in [6, 6.07) is 17.0. The van der Waals surface area contributed by atoms with Crippen molar-refractivity contribution in [2.24, 2.45) is 0 Å². The molecule has 0 aliphatic carbocycles. The minimum absolute atomic E-state index is 0.174. The van der Waals surface area contributed by atoms with Crippen LogP contribution in [0.3, 0.4) is 0 Å². The number of nitrogens with one attached hydrogen (secondary N) is 1. The second kappa shape index (κ2) is 11.6. The molecule has 1 N–H and O–H groups in total. The molecule has 4 rings (SSSR count). The van der Waals surface area contributed by atoms with Crippen molar-refractivity contribution in [1.29, 1.82) is 0 Å². The van der Waals surface area contributed by atoms with Gasteiger partial charge in [0, 0.05) is 5.02 Å². The quantitative estimate of drug-likeness (QED) is 0.248. The number of benzene rings is 3. The molecule has 190 valence electrons. The van der Waals surface area contributed by atoms with Crippen molar-refractivity contribution in [2.45, 2.75) is 26.9 Å². The molecule has 3 aromatic rings. The largest absolute Gasteiger partial charge is 0.490 e. The molecule has 3 aromatic carbocycles. The molecule has 7 nitrogen and oxygen atoms in total. The van der Waals surface area contributed by atoms with Crippen LogP contribution < -0.4 is 19.7 Å². The number of nitrogens with zero attached hydrogens (tertiary/aromatic N) is 1. The van der Waals surface area contributed by atoms with Crippen LogP contribution in [-0.2, 0) is 22.6 Å². The fraction of sp³-hybridized carbons (Fsp3) is 0.179. The summed E-state index contributed by atoms with van der Waals surface area (Å²) in [4.78, 5) is 39.7. The molecular weight excluding hydrogens is 560 g/mol. The van der Waals surface area contributed by atoms with Gasteiger partial charge in [0.2, 0.25) is 0 Å². The van der Waals surface area contributed by atoms with Gasteiger partial charge in [0.1, 0.15) is 12.2 Å². The Bertz CT molecular complexity index is 1410. The predicted octanol–water partition coefficient (Wildman–Crippen LogP) is 6.31. The highest BCUT2D eigenvalue weighted by atomic mass is 79.9. The van der Waals surface area contributed by atoms with Crippen molar-refractivity contribution in [3.63, 3.8) is 0 Å². The van der Waals surface area contributed by atoms with Crippen LogP contribution in [0.5, 0.6) is 11.5 Å². The highest BCUT2D eigenvalue weighted by Gasteiger charge is 2.37. The molecule has 9 heteroatoms. The van der Waals surface area contributed by atoms with Gasteiger partial charge in [0.25, 0.3) is 11.8 Å². The van der Waals surface area contributed by atoms with Crippen LogP contribution in [0.2, 0.25) is 5.02 Å². The standard InChI is InChI=1S/C28H24BrClN2O5/c1-3-19-9-5-6-11-23(19)32-27(34)21(26(33)31-28(32)35)13-18-14-22(29)25(24(15-18)36-4-2)37-16-17-8-7-10-20(30)12-17/h5-15H,3-4,16H2,1-2H3,(H,31,33,35)/b21-13-. The third-order valence-electron chi connectivity index (χ3n) is 5.63. The van der Waals surface area contributed by atoms with E-state index < -0.39 is 17.8 Å². The van der Waals surface area contributed by atoms with Gasteiger partial charge in [0.05, 0.1) is 16.8 Å². The normalized spacial score (nSPS) is 14.6. The second-order valence-corrected chi connectivity index (χ2v) is 9.41. The molecule has 0 radical (unpaired) electrons. The molecule has 1 saturated heterocycles. The Hall–Kier alpha value is -3.62. The monoisotopic (exact) mass is 582 g/mol. The molecule has 1 aliphatic heterocycles. The van der Waals surface area contributed by atoms with Crippen LogP contribution in [0.25, 0.3) is 6.08 Å². The number of hydrogen-bond donors (Lipinski definition) is 1. The Kier molecular flexibility index (Phi) is 8.31. The van der Waals surface area contributed by atoms with Crippen molar-refractivity contribution < 1.29 is 23.9 Å². The first-order valence-corrected chi connectivity index (χ1v) is 12.8. The van der Waals surface area contributed by atoms with Crippen molar-refractivity contribution in [3.8, 4) is 11.5 Å². The van der Waals surface area contributed by atoms with Crippen LogP contribution in [0.4, 0.5) is 10.5 Å². The number of ether oxygens (including phenoxy) is 2. The van der Waals surface area contributed by atoms with E-state index in [1.807, 2.05) is 44.2 Å². The SMILES string of the molecule is CCOc1cc(/C=C2/C(=O)NC(=O)N(c3ccccc3CC)C2=O)cc(Br)c1OCc1cccc(Cl)c1. The Morgan fingerprint density at radius 2 is 1.78 bits per heavy atom. The number of carbonyl (C=O) groups excluding carboxylic acids is 3. The lowest BCUT2D eigenvalue weighted by Gasteiger charge is -2.28. The molecule has 1 fully saturated rings. The number of hydrogen-bond acceptors (Lipinski definition) is 5. The lowest BCUT2D eigenvalue weighted by Crippen LogP contribution is -2.54. The molecule has 0 saturated carbocycles. The van der Waals surface area contributed by atoms with E-state index in [-0.39, 0.29) is 12.2 Å². The van der Waals surface area contributed by atoms with E-state index in [0.29, 0.717) is 45.3 Å². The molecule has 1 heterocycles. The topological polar surface area (TPSA) is 84.9 Å². The lowest BCUT2D eigenvalue weighted by molar-refractivity contribution is -0.122. The third kappa shape index (κ3) is 5.87. The smallest absolute Gasteiger partial charge is 0.335 e. The summed E-state index contributed by atoms with van der Waals surface area (Å²) in [6.07, 6.45) is 2.04. The van der Waals surface area contributed by atoms with Crippen molar-refractivity contribution in [2.75, 3.05) is 11.5 Å². The number of halogens is 2. The van der Waals surface area contributed by atoms with Gasteiger partial charge in [-0.05, 0) is 82.4 Å². The van der Waals surface area contributed by atoms with Gasteiger partial charge in [-0.25, -0.2) is 9.69 Å². The van der Waals surface area contributed by atoms with Crippen molar-refractivity contribution in [1.82, 2.24) is 5.32 Å². The maximum atomic E-state index is 13.4. The molecule has 4 amide bonds. The maximum Gasteiger partial charge on any atom is 0.335 e. The molecule has 37 heavy (non-hydrogen) atoms. The van der Waals surface area contributed by atoms with E-state index in [1.165, 1.54) is 6.08 Å². The van der Waals surface area contributed by atoms with Crippen molar-refractivity contribution >= 4 is 57.1 Å². The van der Waals surface area contributed by atoms with E-state index in [0.717, 1.165) is 16.0 Å². The Morgan fingerprint density at radius 3 is 2.51 bits per heavy atom. The van der Waals surface area contributed by atoms with Crippen LogP contribution in [0, 0.1) is 0 Å². The molecule has 0 bridgehead atoms. The molecule has 0 unspecified atom stereocenters. The van der Waals surface area contributed by atoms with Gasteiger partial charge in [-0.1, -0.05) is 48.9 Å². The summed E-state index contributed by atoms with van der Waals surface area (Å²) in [6.45, 7) is 4.40. The molecular formula is C28H24BrClN2O5. The third-order valence-corrected chi connectivity index (χ3v) is 6.45. The van der Waals surface area contributed by atoms with Gasteiger partial charge in [0.15, 0.2) is 11.5 Å². The first-order chi connectivity index (χ1) is 17.8. The van der Waals surface area contributed by atoms with Crippen LogP contribution in [-0.4, -0.2) is 24.5 Å². The number of rotatable bonds is 8. The first-order valence-electron chi connectivity index (χ1n) is 11.6. The van der Waals surface area contributed by atoms with Gasteiger partial charge >= 0.3 is 6.03 Å². The van der Waals surface area contributed by atoms with E-state index >= 15 is 0 Å². The van der Waals surface area contributed by atoms with Gasteiger partial charge < -0.3 is 9.47 Å². The number of imide groups is 2. The highest BCUT2D eigenvalue weighted by molar-refractivity contribution is 9.10. The Balaban J connectivity index is 1.68. The maximum absolute atomic E-state index is 13.4. The average Bonchev–Trinajstić information content (AvgIpc) is 2.86. The summed E-state index contributed by atoms with van der Waals surface area (Å²) in [5.74, 6) is -0.573. The van der Waals surface area contributed by atoms with E-state index in [1.54, 1.807) is 30.3 Å². The van der Waals surface area contributed by atoms with Gasteiger partial charge in [-0.15, -0.1) is 0 Å².